The van der Waals surface area contributed by atoms with Gasteiger partial charge in [-0.1, -0.05) is 55.8 Å². The number of amides is 1. The molecule has 0 saturated heterocycles. The van der Waals surface area contributed by atoms with Crippen LogP contribution >= 0.6 is 23.2 Å². The lowest BCUT2D eigenvalue weighted by atomic mass is 9.95. The van der Waals surface area contributed by atoms with Crippen LogP contribution in [0.15, 0.2) is 48.5 Å². The molecular weight excluding hydrogens is 419 g/mol. The van der Waals surface area contributed by atoms with Gasteiger partial charge in [0.2, 0.25) is 0 Å². The lowest BCUT2D eigenvalue weighted by Crippen LogP contribution is -2.35. The molecule has 2 rings (SSSR count). The molecule has 2 aromatic carbocycles. The van der Waals surface area contributed by atoms with Crippen molar-refractivity contribution >= 4 is 40.6 Å². The van der Waals surface area contributed by atoms with E-state index in [-0.39, 0.29) is 18.5 Å². The van der Waals surface area contributed by atoms with Gasteiger partial charge in [-0.05, 0) is 54.7 Å². The molecule has 30 heavy (non-hydrogen) atoms. The van der Waals surface area contributed by atoms with Crippen molar-refractivity contribution in [3.63, 3.8) is 0 Å². The number of halogens is 2. The first-order valence-corrected chi connectivity index (χ1v) is 11.0. The zero-order chi connectivity index (χ0) is 22.3. The molecule has 0 aromatic heterocycles. The highest BCUT2D eigenvalue weighted by Crippen LogP contribution is 2.31. The van der Waals surface area contributed by atoms with E-state index in [1.807, 2.05) is 26.0 Å². The largest absolute Gasteiger partial charge is 0.448 e. The van der Waals surface area contributed by atoms with Crippen molar-refractivity contribution in [2.45, 2.75) is 39.7 Å². The predicted octanol–water partition coefficient (Wildman–Crippen LogP) is 6.89. The second-order valence-corrected chi connectivity index (χ2v) is 8.25. The molecule has 0 heterocycles. The number of rotatable bonds is 8. The maximum Gasteiger partial charge on any atom is 0.410 e. The van der Waals surface area contributed by atoms with Gasteiger partial charge >= 0.3 is 6.09 Å². The van der Waals surface area contributed by atoms with E-state index < -0.39 is 6.09 Å². The van der Waals surface area contributed by atoms with Crippen LogP contribution in [0.25, 0.3) is 5.57 Å². The second-order valence-electron chi connectivity index (χ2n) is 7.44. The molecule has 0 aliphatic heterocycles. The van der Waals surface area contributed by atoms with Crippen LogP contribution in [0.1, 0.15) is 56.3 Å². The summed E-state index contributed by atoms with van der Waals surface area (Å²) in [4.78, 5) is 14.4. The Morgan fingerprint density at radius 2 is 1.80 bits per heavy atom. The van der Waals surface area contributed by atoms with Crippen molar-refractivity contribution in [1.29, 1.82) is 0 Å². The first-order chi connectivity index (χ1) is 14.3. The number of likely N-dealkylation sites (N-methyl/N-ethyl adjacent to an activating group) is 1. The van der Waals surface area contributed by atoms with Crippen LogP contribution < -0.4 is 5.73 Å². The van der Waals surface area contributed by atoms with Gasteiger partial charge in [-0.2, -0.15) is 0 Å². The Morgan fingerprint density at radius 3 is 2.37 bits per heavy atom. The zero-order valence-electron chi connectivity index (χ0n) is 18.0. The minimum absolute atomic E-state index is 0.167. The van der Waals surface area contributed by atoms with Crippen molar-refractivity contribution < 1.29 is 9.53 Å². The van der Waals surface area contributed by atoms with Gasteiger partial charge in [0.25, 0.3) is 0 Å². The molecule has 0 bridgehead atoms. The molecule has 162 valence electrons. The fourth-order valence-electron chi connectivity index (χ4n) is 3.29. The van der Waals surface area contributed by atoms with Crippen LogP contribution in [-0.4, -0.2) is 30.0 Å². The average molecular weight is 449 g/mol. The molecule has 1 unspecified atom stereocenters. The van der Waals surface area contributed by atoms with Gasteiger partial charge in [-0.3, -0.25) is 4.90 Å². The molecule has 0 radical (unpaired) electrons. The number of hydrogen-bond donors (Lipinski definition) is 1. The average Bonchev–Trinajstić information content (AvgIpc) is 2.73. The van der Waals surface area contributed by atoms with Crippen molar-refractivity contribution in [2.24, 2.45) is 0 Å². The Kier molecular flexibility index (Phi) is 9.07. The summed E-state index contributed by atoms with van der Waals surface area (Å²) in [6.07, 6.45) is 1.62. The standard InChI is InChI=1S/C24H30Cl2N2O2/c1-5-28(24(29)30-13-12-25)23(19-8-6-18(7-9-19)16(2)3)14-17(4)21-15-20(26)10-11-22(21)27/h6-11,14-16,23H,5,12-13,27H2,1-4H3/b17-14+. The molecule has 0 aliphatic carbocycles. The summed E-state index contributed by atoms with van der Waals surface area (Å²) >= 11 is 11.9. The quantitative estimate of drug-likeness (QED) is 0.353. The number of benzene rings is 2. The molecule has 2 aromatic rings. The van der Waals surface area contributed by atoms with Crippen LogP contribution in [0, 0.1) is 0 Å². The number of carbonyl (C=O) groups is 1. The molecule has 6 heteroatoms. The Labute approximate surface area is 189 Å². The maximum absolute atomic E-state index is 12.7. The number of nitrogens with zero attached hydrogens (tertiary/aromatic N) is 1. The monoisotopic (exact) mass is 448 g/mol. The van der Waals surface area contributed by atoms with Gasteiger partial charge in [-0.15, -0.1) is 11.6 Å². The van der Waals surface area contributed by atoms with Crippen molar-refractivity contribution in [2.75, 3.05) is 24.8 Å². The summed E-state index contributed by atoms with van der Waals surface area (Å²) in [5.74, 6) is 0.683. The minimum atomic E-state index is -0.404. The van der Waals surface area contributed by atoms with Crippen molar-refractivity contribution in [3.8, 4) is 0 Å². The molecule has 4 nitrogen and oxygen atoms in total. The number of hydrogen-bond acceptors (Lipinski definition) is 3. The van der Waals surface area contributed by atoms with E-state index in [4.69, 9.17) is 33.7 Å². The third-order valence-corrected chi connectivity index (χ3v) is 5.40. The Bertz CT molecular complexity index is 879. The van der Waals surface area contributed by atoms with Gasteiger partial charge in [0.05, 0.1) is 11.9 Å². The zero-order valence-corrected chi connectivity index (χ0v) is 19.5. The maximum atomic E-state index is 12.7. The third kappa shape index (κ3) is 6.16. The van der Waals surface area contributed by atoms with Gasteiger partial charge in [0.15, 0.2) is 0 Å². The van der Waals surface area contributed by atoms with E-state index in [0.29, 0.717) is 23.2 Å². The SMILES string of the molecule is CCN(C(=O)OCCCl)C(/C=C(\C)c1cc(Cl)ccc1N)c1ccc(C(C)C)cc1. The number of nitrogens with two attached hydrogens (primary N) is 1. The first kappa shape index (κ1) is 24.1. The van der Waals surface area contributed by atoms with Crippen LogP contribution in [0.3, 0.4) is 0 Å². The Morgan fingerprint density at radius 1 is 1.17 bits per heavy atom. The van der Waals surface area contributed by atoms with E-state index in [1.54, 1.807) is 17.0 Å². The van der Waals surface area contributed by atoms with Gasteiger partial charge < -0.3 is 10.5 Å². The lowest BCUT2D eigenvalue weighted by molar-refractivity contribution is 0.100. The highest BCUT2D eigenvalue weighted by molar-refractivity contribution is 6.30. The molecule has 0 spiro atoms. The lowest BCUT2D eigenvalue weighted by Gasteiger charge is -2.29. The number of allylic oxidation sites excluding steroid dienone is 1. The normalized spacial score (nSPS) is 12.7. The highest BCUT2D eigenvalue weighted by atomic mass is 35.5. The van der Waals surface area contributed by atoms with E-state index in [2.05, 4.69) is 38.1 Å². The fourth-order valence-corrected chi connectivity index (χ4v) is 3.54. The summed E-state index contributed by atoms with van der Waals surface area (Å²) < 4.78 is 5.32. The smallest absolute Gasteiger partial charge is 0.410 e. The van der Waals surface area contributed by atoms with Crippen molar-refractivity contribution in [1.82, 2.24) is 4.90 Å². The Hall–Kier alpha value is -2.17. The van der Waals surface area contributed by atoms with Gasteiger partial charge in [-0.25, -0.2) is 4.79 Å². The number of carbonyl (C=O) groups excluding carboxylic acids is 1. The summed E-state index contributed by atoms with van der Waals surface area (Å²) in [6, 6.07) is 13.4. The van der Waals surface area contributed by atoms with Gasteiger partial charge in [0, 0.05) is 22.8 Å². The number of alkyl halides is 1. The number of ether oxygens (including phenoxy) is 1. The topological polar surface area (TPSA) is 55.6 Å². The third-order valence-electron chi connectivity index (χ3n) is 5.01. The molecule has 0 saturated carbocycles. The predicted molar refractivity (Wildman–Crippen MR) is 127 cm³/mol. The minimum Gasteiger partial charge on any atom is -0.448 e. The van der Waals surface area contributed by atoms with Crippen LogP contribution in [0.5, 0.6) is 0 Å². The Balaban J connectivity index is 2.51. The number of nitrogen functional groups attached to an aromatic ring is 1. The first-order valence-electron chi connectivity index (χ1n) is 10.1. The van der Waals surface area contributed by atoms with Crippen molar-refractivity contribution in [3.05, 3.63) is 70.3 Å². The van der Waals surface area contributed by atoms with E-state index >= 15 is 0 Å². The summed E-state index contributed by atoms with van der Waals surface area (Å²) in [6.45, 7) is 8.84. The van der Waals surface area contributed by atoms with E-state index in [0.717, 1.165) is 16.7 Å². The van der Waals surface area contributed by atoms with Crippen LogP contribution in [-0.2, 0) is 4.74 Å². The highest BCUT2D eigenvalue weighted by Gasteiger charge is 2.24. The summed E-state index contributed by atoms with van der Waals surface area (Å²) in [7, 11) is 0. The van der Waals surface area contributed by atoms with Gasteiger partial charge in [0.1, 0.15) is 6.61 Å². The number of anilines is 1. The summed E-state index contributed by atoms with van der Waals surface area (Å²) in [5.41, 5.74) is 10.8. The van der Waals surface area contributed by atoms with E-state index in [1.165, 1.54) is 5.56 Å². The molecule has 1 amide bonds. The van der Waals surface area contributed by atoms with Crippen LogP contribution in [0.4, 0.5) is 10.5 Å². The second kappa shape index (κ2) is 11.3. The molecule has 0 aliphatic rings. The summed E-state index contributed by atoms with van der Waals surface area (Å²) in [5, 5.41) is 0.610. The molecule has 0 fully saturated rings. The molecular formula is C24H30Cl2N2O2. The molecule has 2 N–H and O–H groups in total. The fraction of sp³-hybridized carbons (Fsp3) is 0.375. The van der Waals surface area contributed by atoms with E-state index in [9.17, 15) is 4.79 Å². The molecule has 1 atom stereocenters. The van der Waals surface area contributed by atoms with Crippen LogP contribution in [0.2, 0.25) is 5.02 Å².